The van der Waals surface area contributed by atoms with Crippen LogP contribution in [-0.2, 0) is 11.3 Å². The summed E-state index contributed by atoms with van der Waals surface area (Å²) in [6.45, 7) is 7.20. The average molecular weight is 262 g/mol. The molecule has 0 aromatic heterocycles. The summed E-state index contributed by atoms with van der Waals surface area (Å²) in [5.74, 6) is 0.881. The van der Waals surface area contributed by atoms with E-state index in [1.165, 1.54) is 24.0 Å². The number of methoxy groups -OCH3 is 1. The van der Waals surface area contributed by atoms with Gasteiger partial charge in [0.2, 0.25) is 0 Å². The number of benzene rings is 1. The van der Waals surface area contributed by atoms with Crippen molar-refractivity contribution in [3.05, 3.63) is 29.3 Å². The van der Waals surface area contributed by atoms with Gasteiger partial charge in [-0.25, -0.2) is 0 Å². The van der Waals surface area contributed by atoms with Gasteiger partial charge in [0.15, 0.2) is 0 Å². The highest BCUT2D eigenvalue weighted by molar-refractivity contribution is 5.47. The second kappa shape index (κ2) is 6.40. The third-order valence-electron chi connectivity index (χ3n) is 4.18. The molecule has 0 amide bonds. The molecule has 0 heterocycles. The Kier molecular flexibility index (Phi) is 4.83. The van der Waals surface area contributed by atoms with E-state index in [-0.39, 0.29) is 0 Å². The van der Waals surface area contributed by atoms with E-state index in [2.05, 4.69) is 30.9 Å². The maximum Gasteiger partial charge on any atom is 0.0589 e. The summed E-state index contributed by atoms with van der Waals surface area (Å²) in [6.07, 6.45) is 2.76. The van der Waals surface area contributed by atoms with Crippen LogP contribution in [0, 0.1) is 12.8 Å². The first-order valence-corrected chi connectivity index (χ1v) is 7.20. The molecule has 0 bridgehead atoms. The second-order valence-electron chi connectivity index (χ2n) is 5.73. The zero-order chi connectivity index (χ0) is 13.8. The highest BCUT2D eigenvalue weighted by Gasteiger charge is 2.31. The number of nitrogen functional groups attached to an aromatic ring is 1. The smallest absolute Gasteiger partial charge is 0.0589 e. The monoisotopic (exact) mass is 262 g/mol. The van der Waals surface area contributed by atoms with Crippen molar-refractivity contribution in [3.63, 3.8) is 0 Å². The summed E-state index contributed by atoms with van der Waals surface area (Å²) in [7, 11) is 1.77. The largest absolute Gasteiger partial charge is 0.399 e. The van der Waals surface area contributed by atoms with Crippen LogP contribution >= 0.6 is 0 Å². The van der Waals surface area contributed by atoms with Crippen LogP contribution < -0.4 is 5.73 Å². The van der Waals surface area contributed by atoms with E-state index in [1.54, 1.807) is 7.11 Å². The summed E-state index contributed by atoms with van der Waals surface area (Å²) in [5, 5.41) is 0. The van der Waals surface area contributed by atoms with E-state index < -0.39 is 0 Å². The molecule has 1 fully saturated rings. The molecular weight excluding hydrogens is 236 g/mol. The lowest BCUT2D eigenvalue weighted by Gasteiger charge is -2.29. The first kappa shape index (κ1) is 14.4. The number of aryl methyl sites for hydroxylation is 1. The van der Waals surface area contributed by atoms with Gasteiger partial charge in [0.25, 0.3) is 0 Å². The highest BCUT2D eigenvalue weighted by Crippen LogP contribution is 2.35. The van der Waals surface area contributed by atoms with Crippen LogP contribution in [0.2, 0.25) is 0 Å². The minimum absolute atomic E-state index is 0.646. The lowest BCUT2D eigenvalue weighted by atomic mass is 10.1. The molecule has 0 saturated heterocycles. The Bertz CT molecular complexity index is 415. The van der Waals surface area contributed by atoms with Gasteiger partial charge in [-0.15, -0.1) is 0 Å². The number of nitrogens with two attached hydrogens (primary N) is 1. The third-order valence-corrected chi connectivity index (χ3v) is 4.18. The summed E-state index contributed by atoms with van der Waals surface area (Å²) in [5.41, 5.74) is 9.27. The Morgan fingerprint density at radius 3 is 2.74 bits per heavy atom. The number of nitrogens with zero attached hydrogens (tertiary/aromatic N) is 1. The van der Waals surface area contributed by atoms with E-state index in [0.717, 1.165) is 31.3 Å². The quantitative estimate of drug-likeness (QED) is 0.768. The van der Waals surface area contributed by atoms with Crippen LogP contribution in [0.3, 0.4) is 0 Å². The van der Waals surface area contributed by atoms with E-state index in [1.807, 2.05) is 6.07 Å². The molecule has 1 aromatic rings. The van der Waals surface area contributed by atoms with Crippen molar-refractivity contribution in [3.8, 4) is 0 Å². The van der Waals surface area contributed by atoms with Crippen LogP contribution in [0.4, 0.5) is 5.69 Å². The standard InChI is InChI=1S/C16H26N2O/c1-12-10-14(4-7-16(12)17)11-18(8-9-19-3)13(2)15-5-6-15/h4,7,10,13,15H,5-6,8-9,11,17H2,1-3H3. The van der Waals surface area contributed by atoms with Crippen LogP contribution in [0.25, 0.3) is 0 Å². The van der Waals surface area contributed by atoms with Gasteiger partial charge in [-0.2, -0.15) is 0 Å². The summed E-state index contributed by atoms with van der Waals surface area (Å²) in [4.78, 5) is 2.53. The normalized spacial score (nSPS) is 16.8. The first-order chi connectivity index (χ1) is 9.11. The second-order valence-corrected chi connectivity index (χ2v) is 5.73. The van der Waals surface area contributed by atoms with Crippen molar-refractivity contribution >= 4 is 5.69 Å². The summed E-state index contributed by atoms with van der Waals surface area (Å²) in [6, 6.07) is 7.00. The van der Waals surface area contributed by atoms with Crippen molar-refractivity contribution in [1.82, 2.24) is 4.90 Å². The predicted molar refractivity (Wildman–Crippen MR) is 80.1 cm³/mol. The van der Waals surface area contributed by atoms with E-state index in [4.69, 9.17) is 10.5 Å². The number of hydrogen-bond donors (Lipinski definition) is 1. The zero-order valence-corrected chi connectivity index (χ0v) is 12.4. The molecule has 1 unspecified atom stereocenters. The first-order valence-electron chi connectivity index (χ1n) is 7.20. The minimum atomic E-state index is 0.646. The van der Waals surface area contributed by atoms with E-state index in [0.29, 0.717) is 6.04 Å². The van der Waals surface area contributed by atoms with Gasteiger partial charge in [-0.3, -0.25) is 4.90 Å². The number of rotatable bonds is 7. The summed E-state index contributed by atoms with van der Waals surface area (Å²) >= 11 is 0. The fourth-order valence-corrected chi connectivity index (χ4v) is 2.58. The molecule has 106 valence electrons. The van der Waals surface area contributed by atoms with Crippen LogP contribution in [0.5, 0.6) is 0 Å². The maximum atomic E-state index is 5.88. The molecule has 1 atom stereocenters. The average Bonchev–Trinajstić information content (AvgIpc) is 3.22. The molecule has 0 radical (unpaired) electrons. The van der Waals surface area contributed by atoms with Gasteiger partial charge in [0, 0.05) is 31.9 Å². The van der Waals surface area contributed by atoms with Crippen LogP contribution in [0.15, 0.2) is 18.2 Å². The Morgan fingerprint density at radius 1 is 1.42 bits per heavy atom. The lowest BCUT2D eigenvalue weighted by molar-refractivity contribution is 0.111. The Labute approximate surface area is 116 Å². The maximum absolute atomic E-state index is 5.88. The molecule has 3 heteroatoms. The molecule has 2 N–H and O–H groups in total. The number of hydrogen-bond acceptors (Lipinski definition) is 3. The fraction of sp³-hybridized carbons (Fsp3) is 0.625. The van der Waals surface area contributed by atoms with E-state index in [9.17, 15) is 0 Å². The molecule has 1 aliphatic carbocycles. The SMILES string of the molecule is COCCN(Cc1ccc(N)c(C)c1)C(C)C1CC1. The van der Waals surface area contributed by atoms with Crippen molar-refractivity contribution < 1.29 is 4.74 Å². The van der Waals surface area contributed by atoms with Gasteiger partial charge in [-0.1, -0.05) is 12.1 Å². The zero-order valence-electron chi connectivity index (χ0n) is 12.4. The van der Waals surface area contributed by atoms with Gasteiger partial charge < -0.3 is 10.5 Å². The van der Waals surface area contributed by atoms with Gasteiger partial charge in [0.05, 0.1) is 6.61 Å². The van der Waals surface area contributed by atoms with Crippen LogP contribution in [0.1, 0.15) is 30.9 Å². The fourth-order valence-electron chi connectivity index (χ4n) is 2.58. The Balaban J connectivity index is 2.02. The molecular formula is C16H26N2O. The Morgan fingerprint density at radius 2 is 2.16 bits per heavy atom. The molecule has 1 aromatic carbocycles. The minimum Gasteiger partial charge on any atom is -0.399 e. The molecule has 0 spiro atoms. The van der Waals surface area contributed by atoms with Gasteiger partial charge in [-0.05, 0) is 49.8 Å². The summed E-state index contributed by atoms with van der Waals surface area (Å²) < 4.78 is 5.24. The molecule has 0 aliphatic heterocycles. The van der Waals surface area contributed by atoms with Crippen molar-refractivity contribution in [1.29, 1.82) is 0 Å². The molecule has 2 rings (SSSR count). The topological polar surface area (TPSA) is 38.5 Å². The van der Waals surface area contributed by atoms with E-state index >= 15 is 0 Å². The van der Waals surface area contributed by atoms with Crippen molar-refractivity contribution in [2.45, 2.75) is 39.3 Å². The molecule has 3 nitrogen and oxygen atoms in total. The third kappa shape index (κ3) is 3.95. The van der Waals surface area contributed by atoms with Crippen molar-refractivity contribution in [2.75, 3.05) is 26.0 Å². The van der Waals surface area contributed by atoms with Crippen molar-refractivity contribution in [2.24, 2.45) is 5.92 Å². The molecule has 1 saturated carbocycles. The Hall–Kier alpha value is -1.06. The predicted octanol–water partition coefficient (Wildman–Crippen LogP) is 2.82. The van der Waals surface area contributed by atoms with Crippen LogP contribution in [-0.4, -0.2) is 31.2 Å². The van der Waals surface area contributed by atoms with Gasteiger partial charge >= 0.3 is 0 Å². The molecule has 19 heavy (non-hydrogen) atoms. The van der Waals surface area contributed by atoms with Gasteiger partial charge in [0.1, 0.15) is 0 Å². The number of anilines is 1. The lowest BCUT2D eigenvalue weighted by Crippen LogP contribution is -2.36. The highest BCUT2D eigenvalue weighted by atomic mass is 16.5. The molecule has 1 aliphatic rings. The number of ether oxygens (including phenoxy) is 1.